The first-order chi connectivity index (χ1) is 15.3. The predicted octanol–water partition coefficient (Wildman–Crippen LogP) is 4.04. The van der Waals surface area contributed by atoms with E-state index in [2.05, 4.69) is 20.4 Å². The zero-order chi connectivity index (χ0) is 22.9. The van der Waals surface area contributed by atoms with Gasteiger partial charge in [-0.25, -0.2) is 9.97 Å². The lowest BCUT2D eigenvalue weighted by Gasteiger charge is -2.25. The molecule has 11 heteroatoms. The largest absolute Gasteiger partial charge is 0.494 e. The van der Waals surface area contributed by atoms with E-state index in [1.807, 2.05) is 10.9 Å². The fourth-order valence-electron chi connectivity index (χ4n) is 3.84. The number of hydrogen-bond donors (Lipinski definition) is 1. The number of carbonyl (C=O) groups is 2. The Morgan fingerprint density at radius 2 is 2.00 bits per heavy atom. The minimum absolute atomic E-state index is 0.0952. The van der Waals surface area contributed by atoms with E-state index in [1.165, 1.54) is 7.11 Å². The highest BCUT2D eigenvalue weighted by molar-refractivity contribution is 6.05. The molecule has 1 amide bonds. The van der Waals surface area contributed by atoms with Crippen LogP contribution in [-0.4, -0.2) is 39.1 Å². The summed E-state index contributed by atoms with van der Waals surface area (Å²) in [6, 6.07) is 4.57. The third kappa shape index (κ3) is 4.41. The SMILES string of the molecule is COc1cc2nn([C@H]3CC[C@H](C=O)CC3)cc2cc1NC(=O)c1ccnc(C(F)(F)F)n1. The van der Waals surface area contributed by atoms with Crippen LogP contribution in [0, 0.1) is 5.92 Å². The van der Waals surface area contributed by atoms with Crippen LogP contribution in [0.5, 0.6) is 5.75 Å². The standard InChI is InChI=1S/C21H20F3N5O3/c1-32-18-9-16-13(10-29(28-16)14-4-2-12(11-30)3-5-14)8-17(18)26-19(31)15-6-7-25-20(27-15)21(22,23)24/h6-12,14H,2-5H2,1H3,(H,26,31)/t12-,14-. The molecule has 1 N–H and O–H groups in total. The Kier molecular flexibility index (Phi) is 5.81. The van der Waals surface area contributed by atoms with Gasteiger partial charge in [0.2, 0.25) is 5.82 Å². The van der Waals surface area contributed by atoms with Crippen LogP contribution in [0.1, 0.15) is 48.0 Å². The van der Waals surface area contributed by atoms with Crippen molar-refractivity contribution in [1.29, 1.82) is 0 Å². The molecule has 168 valence electrons. The molecule has 0 bridgehead atoms. The van der Waals surface area contributed by atoms with Crippen LogP contribution in [0.4, 0.5) is 18.9 Å². The average Bonchev–Trinajstić information content (AvgIpc) is 3.21. The normalized spacial score (nSPS) is 19.0. The number of nitrogens with zero attached hydrogens (tertiary/aromatic N) is 4. The average molecular weight is 447 g/mol. The molecule has 4 rings (SSSR count). The molecule has 8 nitrogen and oxygen atoms in total. The number of anilines is 1. The third-order valence-electron chi connectivity index (χ3n) is 5.54. The van der Waals surface area contributed by atoms with Crippen molar-refractivity contribution in [3.8, 4) is 5.75 Å². The van der Waals surface area contributed by atoms with Crippen molar-refractivity contribution in [3.05, 3.63) is 42.1 Å². The van der Waals surface area contributed by atoms with Crippen molar-refractivity contribution in [2.24, 2.45) is 5.92 Å². The Labute approximate surface area is 180 Å². The second-order valence-corrected chi connectivity index (χ2v) is 7.64. The minimum Gasteiger partial charge on any atom is -0.494 e. The summed E-state index contributed by atoms with van der Waals surface area (Å²) in [4.78, 5) is 30.0. The maximum atomic E-state index is 12.8. The number of alkyl halides is 3. The molecule has 0 aliphatic heterocycles. The van der Waals surface area contributed by atoms with Crippen molar-refractivity contribution < 1.29 is 27.5 Å². The number of aromatic nitrogens is 4. The fraction of sp³-hybridized carbons (Fsp3) is 0.381. The molecule has 2 aromatic heterocycles. The summed E-state index contributed by atoms with van der Waals surface area (Å²) < 4.78 is 45.7. The maximum absolute atomic E-state index is 12.8. The van der Waals surface area contributed by atoms with E-state index in [0.717, 1.165) is 49.6 Å². The van der Waals surface area contributed by atoms with Gasteiger partial charge in [0, 0.05) is 29.8 Å². The Morgan fingerprint density at radius 1 is 1.25 bits per heavy atom. The lowest BCUT2D eigenvalue weighted by molar-refractivity contribution is -0.145. The molecule has 1 aliphatic rings. The van der Waals surface area contributed by atoms with Gasteiger partial charge in [-0.15, -0.1) is 0 Å². The smallest absolute Gasteiger partial charge is 0.451 e. The van der Waals surface area contributed by atoms with E-state index in [4.69, 9.17) is 4.74 Å². The van der Waals surface area contributed by atoms with Crippen molar-refractivity contribution >= 4 is 28.8 Å². The number of carbonyl (C=O) groups excluding carboxylic acids is 2. The first-order valence-electron chi connectivity index (χ1n) is 10.0. The molecule has 1 fully saturated rings. The molecule has 1 aliphatic carbocycles. The molecule has 1 aromatic carbocycles. The molecule has 0 unspecified atom stereocenters. The third-order valence-corrected chi connectivity index (χ3v) is 5.54. The fourth-order valence-corrected chi connectivity index (χ4v) is 3.84. The van der Waals surface area contributed by atoms with Crippen LogP contribution < -0.4 is 10.1 Å². The highest BCUT2D eigenvalue weighted by Gasteiger charge is 2.35. The number of nitrogens with one attached hydrogen (secondary N) is 1. The lowest BCUT2D eigenvalue weighted by Crippen LogP contribution is -2.19. The predicted molar refractivity (Wildman–Crippen MR) is 108 cm³/mol. The van der Waals surface area contributed by atoms with E-state index in [1.54, 1.807) is 12.1 Å². The first kappa shape index (κ1) is 21.7. The second kappa shape index (κ2) is 8.56. The summed E-state index contributed by atoms with van der Waals surface area (Å²) in [6.45, 7) is 0. The summed E-state index contributed by atoms with van der Waals surface area (Å²) in [7, 11) is 1.42. The highest BCUT2D eigenvalue weighted by atomic mass is 19.4. The van der Waals surface area contributed by atoms with E-state index >= 15 is 0 Å². The molecule has 3 aromatic rings. The van der Waals surface area contributed by atoms with Crippen LogP contribution in [0.3, 0.4) is 0 Å². The Hall–Kier alpha value is -3.50. The summed E-state index contributed by atoms with van der Waals surface area (Å²) in [5.41, 5.74) is 0.511. The Balaban J connectivity index is 1.59. The van der Waals surface area contributed by atoms with Gasteiger partial charge in [0.1, 0.15) is 17.7 Å². The monoisotopic (exact) mass is 447 g/mol. The van der Waals surface area contributed by atoms with Crippen molar-refractivity contribution in [2.75, 3.05) is 12.4 Å². The van der Waals surface area contributed by atoms with Crippen LogP contribution in [0.2, 0.25) is 0 Å². The molecule has 0 saturated heterocycles. The zero-order valence-corrected chi connectivity index (χ0v) is 17.1. The van der Waals surface area contributed by atoms with E-state index in [-0.39, 0.29) is 17.6 Å². The van der Waals surface area contributed by atoms with E-state index in [0.29, 0.717) is 11.3 Å². The summed E-state index contributed by atoms with van der Waals surface area (Å²) >= 11 is 0. The maximum Gasteiger partial charge on any atom is 0.451 e. The summed E-state index contributed by atoms with van der Waals surface area (Å²) in [5, 5.41) is 7.89. The number of halogens is 3. The molecule has 0 spiro atoms. The van der Waals surface area contributed by atoms with Gasteiger partial charge in [0.25, 0.3) is 5.91 Å². The van der Waals surface area contributed by atoms with Gasteiger partial charge >= 0.3 is 6.18 Å². The van der Waals surface area contributed by atoms with Crippen molar-refractivity contribution in [1.82, 2.24) is 19.7 Å². The van der Waals surface area contributed by atoms with Crippen molar-refractivity contribution in [2.45, 2.75) is 37.9 Å². The van der Waals surface area contributed by atoms with Crippen LogP contribution >= 0.6 is 0 Å². The number of amides is 1. The molecule has 0 radical (unpaired) electrons. The van der Waals surface area contributed by atoms with Gasteiger partial charge in [-0.3, -0.25) is 9.48 Å². The van der Waals surface area contributed by atoms with Gasteiger partial charge in [-0.05, 0) is 37.8 Å². The lowest BCUT2D eigenvalue weighted by atomic mass is 9.87. The number of methoxy groups -OCH3 is 1. The molecule has 2 heterocycles. The van der Waals surface area contributed by atoms with Gasteiger partial charge in [-0.2, -0.15) is 18.3 Å². The van der Waals surface area contributed by atoms with Gasteiger partial charge in [-0.1, -0.05) is 0 Å². The molecule has 32 heavy (non-hydrogen) atoms. The number of ether oxygens (including phenoxy) is 1. The summed E-state index contributed by atoms with van der Waals surface area (Å²) in [5.74, 6) is -1.81. The minimum atomic E-state index is -4.76. The van der Waals surface area contributed by atoms with Gasteiger partial charge < -0.3 is 14.8 Å². The molecule has 0 atom stereocenters. The Bertz CT molecular complexity index is 1150. The van der Waals surface area contributed by atoms with Crippen LogP contribution in [0.15, 0.2) is 30.6 Å². The summed E-state index contributed by atoms with van der Waals surface area (Å²) in [6.07, 6.45) is 2.29. The van der Waals surface area contributed by atoms with Crippen LogP contribution in [0.25, 0.3) is 10.9 Å². The molecular weight excluding hydrogens is 427 g/mol. The number of rotatable bonds is 5. The topological polar surface area (TPSA) is 99.0 Å². The second-order valence-electron chi connectivity index (χ2n) is 7.64. The Morgan fingerprint density at radius 3 is 2.66 bits per heavy atom. The number of aldehydes is 1. The quantitative estimate of drug-likeness (QED) is 0.593. The van der Waals surface area contributed by atoms with Gasteiger partial charge in [0.15, 0.2) is 0 Å². The van der Waals surface area contributed by atoms with E-state index in [9.17, 15) is 22.8 Å². The highest BCUT2D eigenvalue weighted by Crippen LogP contribution is 2.34. The molecular formula is C21H20F3N5O3. The number of fused-ring (bicyclic) bond motifs is 1. The number of benzene rings is 1. The zero-order valence-electron chi connectivity index (χ0n) is 17.1. The number of hydrogen-bond acceptors (Lipinski definition) is 6. The van der Waals surface area contributed by atoms with Crippen molar-refractivity contribution in [3.63, 3.8) is 0 Å². The first-order valence-corrected chi connectivity index (χ1v) is 10.0. The van der Waals surface area contributed by atoms with Gasteiger partial charge in [0.05, 0.1) is 24.4 Å². The molecule has 1 saturated carbocycles. The van der Waals surface area contributed by atoms with Crippen LogP contribution in [-0.2, 0) is 11.0 Å². The van der Waals surface area contributed by atoms with E-state index < -0.39 is 23.6 Å².